The van der Waals surface area contributed by atoms with Crippen LogP contribution >= 0.6 is 11.8 Å². The Kier molecular flexibility index (Phi) is 3.81. The minimum atomic E-state index is 0.802. The maximum Gasteiger partial charge on any atom is 0.0637 e. The first-order chi connectivity index (χ1) is 9.72. The molecule has 1 aliphatic rings. The number of fused-ring (bicyclic) bond motifs is 1. The number of nitrogens with zero attached hydrogens (tertiary/aromatic N) is 1. The van der Waals surface area contributed by atoms with Crippen molar-refractivity contribution in [3.8, 4) is 0 Å². The molecule has 0 unspecified atom stereocenters. The number of anilines is 1. The van der Waals surface area contributed by atoms with Gasteiger partial charge >= 0.3 is 0 Å². The van der Waals surface area contributed by atoms with Crippen LogP contribution in [0.1, 0.15) is 12.8 Å². The molecule has 0 atom stereocenters. The van der Waals surface area contributed by atoms with Gasteiger partial charge in [-0.15, -0.1) is 0 Å². The van der Waals surface area contributed by atoms with Gasteiger partial charge in [-0.2, -0.15) is 0 Å². The van der Waals surface area contributed by atoms with Crippen molar-refractivity contribution in [3.05, 3.63) is 59.5 Å². The second kappa shape index (κ2) is 5.73. The number of thioether (sulfide) groups is 1. The molecule has 20 heavy (non-hydrogen) atoms. The molecule has 2 aromatic rings. The Morgan fingerprint density at radius 2 is 1.90 bits per heavy atom. The Morgan fingerprint density at radius 1 is 1.05 bits per heavy atom. The molecule has 3 heteroatoms. The van der Waals surface area contributed by atoms with Crippen LogP contribution in [0.2, 0.25) is 0 Å². The van der Waals surface area contributed by atoms with E-state index in [0.717, 1.165) is 29.0 Å². The maximum atomic E-state index is 9.52. The Hall–Kier alpha value is -1.71. The third-order valence-corrected chi connectivity index (χ3v) is 4.39. The van der Waals surface area contributed by atoms with Gasteiger partial charge in [0.05, 0.1) is 5.69 Å². The Bertz CT molecular complexity index is 688. The summed E-state index contributed by atoms with van der Waals surface area (Å²) in [5.41, 5.74) is 0.802. The zero-order valence-corrected chi connectivity index (χ0v) is 12.2. The second-order valence-electron chi connectivity index (χ2n) is 4.91. The predicted octanol–water partition coefficient (Wildman–Crippen LogP) is 4.99. The van der Waals surface area contributed by atoms with E-state index in [1.54, 1.807) is 18.8 Å². The number of benzene rings is 2. The van der Waals surface area contributed by atoms with Gasteiger partial charge in [0.25, 0.3) is 0 Å². The van der Waals surface area contributed by atoms with Gasteiger partial charge in [0.15, 0.2) is 0 Å². The van der Waals surface area contributed by atoms with Crippen molar-refractivity contribution in [1.29, 1.82) is 0 Å². The van der Waals surface area contributed by atoms with Crippen LogP contribution in [0.15, 0.2) is 64.4 Å². The molecule has 0 aliphatic heterocycles. The lowest BCUT2D eigenvalue weighted by molar-refractivity contribution is 0.279. The predicted molar refractivity (Wildman–Crippen MR) is 86.5 cm³/mol. The second-order valence-corrected chi connectivity index (χ2v) is 6.05. The van der Waals surface area contributed by atoms with Crippen molar-refractivity contribution in [1.82, 2.24) is 0 Å². The highest BCUT2D eigenvalue weighted by Crippen LogP contribution is 2.32. The minimum Gasteiger partial charge on any atom is -0.289 e. The topological polar surface area (TPSA) is 23.5 Å². The number of hydrogen-bond acceptors (Lipinski definition) is 3. The van der Waals surface area contributed by atoms with Crippen molar-refractivity contribution in [2.45, 2.75) is 17.7 Å². The molecule has 1 N–H and O–H groups in total. The molecule has 3 rings (SSSR count). The first-order valence-electron chi connectivity index (χ1n) is 6.73. The molecule has 0 bridgehead atoms. The molecule has 0 heterocycles. The van der Waals surface area contributed by atoms with Crippen molar-refractivity contribution < 1.29 is 5.21 Å². The van der Waals surface area contributed by atoms with Gasteiger partial charge < -0.3 is 0 Å². The van der Waals surface area contributed by atoms with Crippen LogP contribution in [0.25, 0.3) is 10.8 Å². The van der Waals surface area contributed by atoms with E-state index in [4.69, 9.17) is 0 Å². The van der Waals surface area contributed by atoms with E-state index < -0.39 is 0 Å². The van der Waals surface area contributed by atoms with E-state index in [1.165, 1.54) is 15.2 Å². The molecular weight excluding hydrogens is 266 g/mol. The molecule has 2 aromatic carbocycles. The van der Waals surface area contributed by atoms with Crippen LogP contribution in [0.5, 0.6) is 0 Å². The normalized spacial score (nSPS) is 14.4. The summed E-state index contributed by atoms with van der Waals surface area (Å²) in [4.78, 5) is 2.54. The quantitative estimate of drug-likeness (QED) is 0.803. The number of allylic oxidation sites excluding steroid dienone is 3. The van der Waals surface area contributed by atoms with E-state index >= 15 is 0 Å². The van der Waals surface area contributed by atoms with Crippen LogP contribution in [0.3, 0.4) is 0 Å². The monoisotopic (exact) mass is 283 g/mol. The zero-order valence-electron chi connectivity index (χ0n) is 11.4. The van der Waals surface area contributed by atoms with Crippen LogP contribution < -0.4 is 5.06 Å². The highest BCUT2D eigenvalue weighted by molar-refractivity contribution is 8.03. The smallest absolute Gasteiger partial charge is 0.0637 e. The number of hydrogen-bond donors (Lipinski definition) is 1. The summed E-state index contributed by atoms with van der Waals surface area (Å²) >= 11 is 1.79. The molecule has 0 fully saturated rings. The molecule has 0 aromatic heterocycles. The Labute approximate surface area is 123 Å². The van der Waals surface area contributed by atoms with Gasteiger partial charge in [0, 0.05) is 16.8 Å². The Morgan fingerprint density at radius 3 is 2.65 bits per heavy atom. The van der Waals surface area contributed by atoms with Gasteiger partial charge in [-0.05, 0) is 47.9 Å². The van der Waals surface area contributed by atoms with Gasteiger partial charge in [-0.1, -0.05) is 42.1 Å². The molecule has 1 aliphatic carbocycles. The van der Waals surface area contributed by atoms with Crippen molar-refractivity contribution in [3.63, 3.8) is 0 Å². The highest BCUT2D eigenvalue weighted by Gasteiger charge is 2.04. The summed E-state index contributed by atoms with van der Waals surface area (Å²) in [6.07, 6.45) is 8.98. The van der Waals surface area contributed by atoms with Gasteiger partial charge in [-0.25, -0.2) is 0 Å². The SMILES string of the molecule is CN(O)c1ccc2ccc(SC3=CCCC=C3)cc2c1. The average molecular weight is 283 g/mol. The van der Waals surface area contributed by atoms with E-state index in [0.29, 0.717) is 0 Å². The molecule has 0 saturated carbocycles. The first-order valence-corrected chi connectivity index (χ1v) is 7.55. The molecular formula is C17H17NOS. The van der Waals surface area contributed by atoms with Crippen LogP contribution in [0.4, 0.5) is 5.69 Å². The third kappa shape index (κ3) is 2.89. The lowest BCUT2D eigenvalue weighted by Gasteiger charge is -2.12. The van der Waals surface area contributed by atoms with Gasteiger partial charge in [-0.3, -0.25) is 10.3 Å². The number of rotatable bonds is 3. The molecule has 0 saturated heterocycles. The largest absolute Gasteiger partial charge is 0.289 e. The highest BCUT2D eigenvalue weighted by atomic mass is 32.2. The summed E-state index contributed by atoms with van der Waals surface area (Å²) in [5, 5.41) is 13.0. The van der Waals surface area contributed by atoms with Crippen molar-refractivity contribution in [2.24, 2.45) is 0 Å². The van der Waals surface area contributed by atoms with Crippen LogP contribution in [-0.4, -0.2) is 12.3 Å². The standard InChI is InChI=1S/C17H17NOS/c1-18(19)15-9-7-13-8-10-17(12-14(13)11-15)20-16-5-3-2-4-6-16/h3,5-12,19H,2,4H2,1H3. The van der Waals surface area contributed by atoms with Crippen molar-refractivity contribution in [2.75, 3.05) is 12.1 Å². The minimum absolute atomic E-state index is 0.802. The fraction of sp³-hybridized carbons (Fsp3) is 0.176. The van der Waals surface area contributed by atoms with Gasteiger partial charge in [0.2, 0.25) is 0 Å². The number of hydroxylamine groups is 1. The molecule has 102 valence electrons. The lowest BCUT2D eigenvalue weighted by atomic mass is 10.1. The fourth-order valence-electron chi connectivity index (χ4n) is 2.28. The first kappa shape index (κ1) is 13.3. The average Bonchev–Trinajstić information content (AvgIpc) is 2.47. The molecule has 0 amide bonds. The summed E-state index contributed by atoms with van der Waals surface area (Å²) in [5.74, 6) is 0. The van der Waals surface area contributed by atoms with Crippen molar-refractivity contribution >= 4 is 28.2 Å². The summed E-state index contributed by atoms with van der Waals surface area (Å²) in [6.45, 7) is 0. The molecule has 0 radical (unpaired) electrons. The zero-order chi connectivity index (χ0) is 13.9. The molecule has 2 nitrogen and oxygen atoms in total. The molecule has 0 spiro atoms. The van der Waals surface area contributed by atoms with Crippen LogP contribution in [0, 0.1) is 0 Å². The van der Waals surface area contributed by atoms with Crippen LogP contribution in [-0.2, 0) is 0 Å². The third-order valence-electron chi connectivity index (χ3n) is 3.37. The maximum absolute atomic E-state index is 9.52. The van der Waals surface area contributed by atoms with Gasteiger partial charge in [0.1, 0.15) is 0 Å². The summed E-state index contributed by atoms with van der Waals surface area (Å²) < 4.78 is 0. The summed E-state index contributed by atoms with van der Waals surface area (Å²) in [6, 6.07) is 12.4. The van der Waals surface area contributed by atoms with E-state index in [1.807, 2.05) is 18.2 Å². The lowest BCUT2D eigenvalue weighted by Crippen LogP contribution is -2.09. The summed E-state index contributed by atoms with van der Waals surface area (Å²) in [7, 11) is 1.64. The van der Waals surface area contributed by atoms with E-state index in [9.17, 15) is 5.21 Å². The van der Waals surface area contributed by atoms with E-state index in [-0.39, 0.29) is 0 Å². The fourth-order valence-corrected chi connectivity index (χ4v) is 3.24. The Balaban J connectivity index is 1.92. The van der Waals surface area contributed by atoms with E-state index in [2.05, 4.69) is 36.4 Å².